The number of carbonyl (C=O) groups is 1. The van der Waals surface area contributed by atoms with E-state index in [1.54, 1.807) is 12.5 Å². The van der Waals surface area contributed by atoms with Gasteiger partial charge in [-0.25, -0.2) is 4.98 Å². The van der Waals surface area contributed by atoms with Crippen molar-refractivity contribution in [1.82, 2.24) is 14.9 Å². The van der Waals surface area contributed by atoms with Crippen molar-refractivity contribution in [2.24, 2.45) is 0 Å². The summed E-state index contributed by atoms with van der Waals surface area (Å²) in [6, 6.07) is 7.88. The molecule has 0 spiro atoms. The quantitative estimate of drug-likeness (QED) is 0.847. The van der Waals surface area contributed by atoms with Crippen molar-refractivity contribution < 1.29 is 4.79 Å². The van der Waals surface area contributed by atoms with Crippen LogP contribution >= 0.6 is 0 Å². The Balaban J connectivity index is 1.99. The van der Waals surface area contributed by atoms with Crippen LogP contribution < -0.4 is 10.6 Å². The molecule has 1 aromatic heterocycles. The van der Waals surface area contributed by atoms with Crippen LogP contribution in [0.25, 0.3) is 5.69 Å². The molecule has 5 heteroatoms. The molecule has 1 heterocycles. The van der Waals surface area contributed by atoms with Crippen LogP contribution in [0.4, 0.5) is 5.69 Å². The molecule has 1 aromatic carbocycles. The van der Waals surface area contributed by atoms with Crippen molar-refractivity contribution >= 4 is 11.6 Å². The fraction of sp³-hybridized carbons (Fsp3) is 0.333. The number of rotatable bonds is 6. The predicted octanol–water partition coefficient (Wildman–Crippen LogP) is 2.20. The van der Waals surface area contributed by atoms with E-state index >= 15 is 0 Å². The number of amides is 1. The van der Waals surface area contributed by atoms with E-state index in [2.05, 4.69) is 15.6 Å². The third-order valence-corrected chi connectivity index (χ3v) is 2.98. The number of benzene rings is 1. The predicted molar refractivity (Wildman–Crippen MR) is 79.9 cm³/mol. The average molecular weight is 272 g/mol. The zero-order valence-electron chi connectivity index (χ0n) is 11.8. The van der Waals surface area contributed by atoms with Gasteiger partial charge in [0.25, 0.3) is 0 Å². The number of aromatic nitrogens is 2. The summed E-state index contributed by atoms with van der Waals surface area (Å²) in [5.74, 6) is 0.0150. The van der Waals surface area contributed by atoms with Gasteiger partial charge in [0.1, 0.15) is 0 Å². The van der Waals surface area contributed by atoms with E-state index in [9.17, 15) is 4.79 Å². The van der Waals surface area contributed by atoms with Crippen molar-refractivity contribution in [3.8, 4) is 5.69 Å². The standard InChI is InChI=1S/C15H20N4O/c1-3-17-12(2)9-15(20)18-13-5-4-6-14(10-13)19-8-7-16-11-19/h4-8,10-12,17H,3,9H2,1-2H3,(H,18,20). The summed E-state index contributed by atoms with van der Waals surface area (Å²) in [5, 5.41) is 6.14. The van der Waals surface area contributed by atoms with Crippen molar-refractivity contribution in [2.45, 2.75) is 26.3 Å². The highest BCUT2D eigenvalue weighted by molar-refractivity contribution is 5.91. The van der Waals surface area contributed by atoms with Gasteiger partial charge in [-0.05, 0) is 31.7 Å². The van der Waals surface area contributed by atoms with Crippen molar-refractivity contribution in [3.63, 3.8) is 0 Å². The first-order valence-electron chi connectivity index (χ1n) is 6.80. The van der Waals surface area contributed by atoms with Gasteiger partial charge in [-0.15, -0.1) is 0 Å². The highest BCUT2D eigenvalue weighted by Crippen LogP contribution is 2.14. The van der Waals surface area contributed by atoms with Crippen LogP contribution in [-0.4, -0.2) is 28.0 Å². The van der Waals surface area contributed by atoms with Crippen LogP contribution in [0.2, 0.25) is 0 Å². The minimum atomic E-state index is 0.0150. The second-order valence-electron chi connectivity index (χ2n) is 4.73. The van der Waals surface area contributed by atoms with Crippen LogP contribution in [0, 0.1) is 0 Å². The largest absolute Gasteiger partial charge is 0.326 e. The first-order valence-corrected chi connectivity index (χ1v) is 6.80. The van der Waals surface area contributed by atoms with E-state index in [0.717, 1.165) is 17.9 Å². The molecule has 106 valence electrons. The van der Waals surface area contributed by atoms with Gasteiger partial charge in [-0.2, -0.15) is 0 Å². The molecule has 0 saturated carbocycles. The van der Waals surface area contributed by atoms with Crippen LogP contribution in [0.1, 0.15) is 20.3 Å². The smallest absolute Gasteiger partial charge is 0.225 e. The third kappa shape index (κ3) is 3.93. The summed E-state index contributed by atoms with van der Waals surface area (Å²) >= 11 is 0. The molecule has 0 radical (unpaired) electrons. The molecule has 1 atom stereocenters. The molecule has 5 nitrogen and oxygen atoms in total. The summed E-state index contributed by atoms with van der Waals surface area (Å²) in [4.78, 5) is 15.9. The van der Waals surface area contributed by atoms with Gasteiger partial charge in [0, 0.05) is 36.2 Å². The number of hydrogen-bond acceptors (Lipinski definition) is 3. The summed E-state index contributed by atoms with van der Waals surface area (Å²) in [7, 11) is 0. The lowest BCUT2D eigenvalue weighted by atomic mass is 10.2. The normalized spacial score (nSPS) is 12.1. The average Bonchev–Trinajstić information content (AvgIpc) is 2.92. The Morgan fingerprint density at radius 1 is 1.45 bits per heavy atom. The highest BCUT2D eigenvalue weighted by Gasteiger charge is 2.08. The molecule has 2 N–H and O–H groups in total. The molecular weight excluding hydrogens is 252 g/mol. The Bertz CT molecular complexity index is 551. The summed E-state index contributed by atoms with van der Waals surface area (Å²) in [6.07, 6.45) is 5.79. The molecular formula is C15H20N4O. The summed E-state index contributed by atoms with van der Waals surface area (Å²) in [6.45, 7) is 4.90. The fourth-order valence-corrected chi connectivity index (χ4v) is 2.07. The minimum Gasteiger partial charge on any atom is -0.326 e. The molecule has 0 fully saturated rings. The second kappa shape index (κ2) is 6.86. The maximum atomic E-state index is 11.9. The third-order valence-electron chi connectivity index (χ3n) is 2.98. The molecule has 2 rings (SSSR count). The molecule has 0 saturated heterocycles. The summed E-state index contributed by atoms with van der Waals surface area (Å²) < 4.78 is 1.90. The topological polar surface area (TPSA) is 59.0 Å². The first kappa shape index (κ1) is 14.3. The number of nitrogens with zero attached hydrogens (tertiary/aromatic N) is 2. The molecule has 0 bridgehead atoms. The second-order valence-corrected chi connectivity index (χ2v) is 4.73. The van der Waals surface area contributed by atoms with Crippen LogP contribution in [0.15, 0.2) is 43.0 Å². The van der Waals surface area contributed by atoms with Crippen LogP contribution in [0.5, 0.6) is 0 Å². The molecule has 0 aliphatic heterocycles. The van der Waals surface area contributed by atoms with E-state index in [1.807, 2.05) is 48.9 Å². The molecule has 1 unspecified atom stereocenters. The van der Waals surface area contributed by atoms with Gasteiger partial charge in [0.15, 0.2) is 0 Å². The molecule has 20 heavy (non-hydrogen) atoms. The van der Waals surface area contributed by atoms with Crippen LogP contribution in [-0.2, 0) is 4.79 Å². The molecule has 2 aromatic rings. The maximum Gasteiger partial charge on any atom is 0.225 e. The minimum absolute atomic E-state index is 0.0150. The number of anilines is 1. The Morgan fingerprint density at radius 2 is 2.30 bits per heavy atom. The Labute approximate surface area is 119 Å². The van der Waals surface area contributed by atoms with Crippen molar-refractivity contribution in [3.05, 3.63) is 43.0 Å². The van der Waals surface area contributed by atoms with E-state index in [-0.39, 0.29) is 11.9 Å². The molecule has 0 aliphatic rings. The molecule has 0 aliphatic carbocycles. The number of nitrogens with one attached hydrogen (secondary N) is 2. The lowest BCUT2D eigenvalue weighted by Gasteiger charge is -2.12. The monoisotopic (exact) mass is 272 g/mol. The fourth-order valence-electron chi connectivity index (χ4n) is 2.07. The Kier molecular flexibility index (Phi) is 4.90. The molecule has 1 amide bonds. The Hall–Kier alpha value is -2.14. The van der Waals surface area contributed by atoms with E-state index in [4.69, 9.17) is 0 Å². The zero-order chi connectivity index (χ0) is 14.4. The van der Waals surface area contributed by atoms with Gasteiger partial charge < -0.3 is 15.2 Å². The van der Waals surface area contributed by atoms with Gasteiger partial charge in [0.05, 0.1) is 6.33 Å². The van der Waals surface area contributed by atoms with Gasteiger partial charge >= 0.3 is 0 Å². The van der Waals surface area contributed by atoms with Gasteiger partial charge in [-0.3, -0.25) is 4.79 Å². The van der Waals surface area contributed by atoms with Crippen LogP contribution in [0.3, 0.4) is 0 Å². The number of imidazole rings is 1. The Morgan fingerprint density at radius 3 is 3.00 bits per heavy atom. The lowest BCUT2D eigenvalue weighted by molar-refractivity contribution is -0.116. The van der Waals surface area contributed by atoms with Gasteiger partial charge in [-0.1, -0.05) is 13.0 Å². The number of hydrogen-bond donors (Lipinski definition) is 2. The highest BCUT2D eigenvalue weighted by atomic mass is 16.1. The maximum absolute atomic E-state index is 11.9. The first-order chi connectivity index (χ1) is 9.69. The number of carbonyl (C=O) groups excluding carboxylic acids is 1. The van der Waals surface area contributed by atoms with Crippen molar-refractivity contribution in [1.29, 1.82) is 0 Å². The van der Waals surface area contributed by atoms with E-state index in [0.29, 0.717) is 6.42 Å². The zero-order valence-corrected chi connectivity index (χ0v) is 11.8. The SMILES string of the molecule is CCNC(C)CC(=O)Nc1cccc(-n2ccnc2)c1. The van der Waals surface area contributed by atoms with E-state index in [1.165, 1.54) is 0 Å². The lowest BCUT2D eigenvalue weighted by Crippen LogP contribution is -2.30. The van der Waals surface area contributed by atoms with Gasteiger partial charge in [0.2, 0.25) is 5.91 Å². The summed E-state index contributed by atoms with van der Waals surface area (Å²) in [5.41, 5.74) is 1.77. The van der Waals surface area contributed by atoms with E-state index < -0.39 is 0 Å². The van der Waals surface area contributed by atoms with Crippen molar-refractivity contribution in [2.75, 3.05) is 11.9 Å².